The predicted octanol–water partition coefficient (Wildman–Crippen LogP) is 1.83. The van der Waals surface area contributed by atoms with E-state index >= 15 is 0 Å². The van der Waals surface area contributed by atoms with Crippen molar-refractivity contribution in [3.05, 3.63) is 41.6 Å². The van der Waals surface area contributed by atoms with Gasteiger partial charge in [-0.25, -0.2) is 9.67 Å². The summed E-state index contributed by atoms with van der Waals surface area (Å²) in [5.41, 5.74) is 2.05. The monoisotopic (exact) mass is 324 g/mol. The van der Waals surface area contributed by atoms with Crippen LogP contribution in [0.1, 0.15) is 34.7 Å². The maximum atomic E-state index is 12.2. The summed E-state index contributed by atoms with van der Waals surface area (Å²) in [7, 11) is 0. The highest BCUT2D eigenvalue weighted by atomic mass is 16.5. The number of pyridine rings is 1. The molecule has 8 nitrogen and oxygen atoms in total. The first kappa shape index (κ1) is 14.6. The molecule has 1 amide bonds. The van der Waals surface area contributed by atoms with E-state index in [1.54, 1.807) is 30.1 Å². The summed E-state index contributed by atoms with van der Waals surface area (Å²) in [6, 6.07) is 3.95. The lowest BCUT2D eigenvalue weighted by Crippen LogP contribution is -2.25. The lowest BCUT2D eigenvalue weighted by molar-refractivity contribution is 0.0950. The van der Waals surface area contributed by atoms with Gasteiger partial charge in [-0.15, -0.1) is 0 Å². The number of aromatic nitrogens is 5. The lowest BCUT2D eigenvalue weighted by Gasteiger charge is -2.05. The molecule has 1 aliphatic rings. The number of nitrogens with one attached hydrogen (secondary N) is 1. The van der Waals surface area contributed by atoms with Gasteiger partial charge in [0.25, 0.3) is 11.8 Å². The van der Waals surface area contributed by atoms with Crippen LogP contribution in [-0.2, 0) is 0 Å². The molecule has 3 aromatic rings. The van der Waals surface area contributed by atoms with E-state index in [0.29, 0.717) is 29.1 Å². The Labute approximate surface area is 137 Å². The molecule has 0 aliphatic heterocycles. The Bertz CT molecular complexity index is 892. The van der Waals surface area contributed by atoms with Gasteiger partial charge in [-0.05, 0) is 38.8 Å². The zero-order chi connectivity index (χ0) is 16.7. The summed E-state index contributed by atoms with van der Waals surface area (Å²) in [5.74, 6) is 1.54. The molecule has 0 radical (unpaired) electrons. The summed E-state index contributed by atoms with van der Waals surface area (Å²) in [4.78, 5) is 20.7. The zero-order valence-electron chi connectivity index (χ0n) is 13.4. The van der Waals surface area contributed by atoms with E-state index in [-0.39, 0.29) is 5.91 Å². The van der Waals surface area contributed by atoms with E-state index in [1.807, 2.05) is 13.0 Å². The Morgan fingerprint density at radius 2 is 2.12 bits per heavy atom. The van der Waals surface area contributed by atoms with E-state index in [0.717, 1.165) is 24.1 Å². The number of amides is 1. The van der Waals surface area contributed by atoms with Crippen LogP contribution in [0.15, 0.2) is 29.0 Å². The van der Waals surface area contributed by atoms with Crippen LogP contribution in [-0.4, -0.2) is 36.9 Å². The van der Waals surface area contributed by atoms with Crippen molar-refractivity contribution in [3.8, 4) is 17.3 Å². The number of hydrogen-bond acceptors (Lipinski definition) is 6. The molecule has 24 heavy (non-hydrogen) atoms. The van der Waals surface area contributed by atoms with Gasteiger partial charge in [-0.3, -0.25) is 4.79 Å². The summed E-state index contributed by atoms with van der Waals surface area (Å²) in [6.45, 7) is 3.61. The highest BCUT2D eigenvalue weighted by molar-refractivity contribution is 5.95. The summed E-state index contributed by atoms with van der Waals surface area (Å²) < 4.78 is 6.77. The number of nitrogens with zero attached hydrogens (tertiary/aromatic N) is 5. The third-order valence-corrected chi connectivity index (χ3v) is 3.91. The van der Waals surface area contributed by atoms with Crippen molar-refractivity contribution in [1.82, 2.24) is 30.2 Å². The third kappa shape index (κ3) is 2.66. The third-order valence-electron chi connectivity index (χ3n) is 3.91. The maximum absolute atomic E-state index is 12.2. The zero-order valence-corrected chi connectivity index (χ0v) is 13.4. The van der Waals surface area contributed by atoms with Crippen LogP contribution in [0.4, 0.5) is 0 Å². The number of hydrogen-bond donors (Lipinski definition) is 1. The standard InChI is InChI=1S/C16H16N6O2/c1-9-13(15(23)20-12-4-5-12)8-18-22(9)14-6-3-11(7-17-14)16-19-10(2)21-24-16/h3,6-8,12H,4-5H2,1-2H3,(H,20,23). The Morgan fingerprint density at radius 3 is 2.75 bits per heavy atom. The average molecular weight is 324 g/mol. The minimum atomic E-state index is -0.0841. The second kappa shape index (κ2) is 5.55. The van der Waals surface area contributed by atoms with Crippen LogP contribution in [0.2, 0.25) is 0 Å². The Morgan fingerprint density at radius 1 is 1.29 bits per heavy atom. The Hall–Kier alpha value is -3.03. The predicted molar refractivity (Wildman–Crippen MR) is 84.6 cm³/mol. The molecule has 0 aromatic carbocycles. The molecule has 0 saturated heterocycles. The first-order valence-corrected chi connectivity index (χ1v) is 7.74. The van der Waals surface area contributed by atoms with E-state index in [4.69, 9.17) is 4.52 Å². The van der Waals surface area contributed by atoms with Crippen LogP contribution in [0.3, 0.4) is 0 Å². The van der Waals surface area contributed by atoms with Gasteiger partial charge in [-0.2, -0.15) is 10.1 Å². The van der Waals surface area contributed by atoms with Gasteiger partial charge in [0, 0.05) is 12.2 Å². The molecule has 0 atom stereocenters. The normalized spacial score (nSPS) is 13.9. The van der Waals surface area contributed by atoms with Gasteiger partial charge in [-0.1, -0.05) is 5.16 Å². The molecule has 0 bridgehead atoms. The minimum absolute atomic E-state index is 0.0841. The van der Waals surface area contributed by atoms with Crippen molar-refractivity contribution in [2.75, 3.05) is 0 Å². The van der Waals surface area contributed by atoms with Gasteiger partial charge in [0.2, 0.25) is 0 Å². The van der Waals surface area contributed by atoms with Crippen molar-refractivity contribution in [2.24, 2.45) is 0 Å². The van der Waals surface area contributed by atoms with E-state index in [2.05, 4.69) is 25.5 Å². The van der Waals surface area contributed by atoms with Gasteiger partial charge >= 0.3 is 0 Å². The number of aryl methyl sites for hydroxylation is 1. The molecule has 1 aliphatic carbocycles. The first-order valence-electron chi connectivity index (χ1n) is 7.74. The molecule has 1 saturated carbocycles. The second-order valence-electron chi connectivity index (χ2n) is 5.86. The first-order chi connectivity index (χ1) is 11.6. The highest BCUT2D eigenvalue weighted by Crippen LogP contribution is 2.21. The summed E-state index contributed by atoms with van der Waals surface area (Å²) >= 11 is 0. The maximum Gasteiger partial charge on any atom is 0.259 e. The summed E-state index contributed by atoms with van der Waals surface area (Å²) in [6.07, 6.45) is 5.32. The van der Waals surface area contributed by atoms with Gasteiger partial charge in [0.1, 0.15) is 0 Å². The van der Waals surface area contributed by atoms with Gasteiger partial charge < -0.3 is 9.84 Å². The van der Waals surface area contributed by atoms with Crippen LogP contribution in [0, 0.1) is 13.8 Å². The molecule has 122 valence electrons. The Kier molecular flexibility index (Phi) is 3.37. The van der Waals surface area contributed by atoms with Crippen molar-refractivity contribution in [2.45, 2.75) is 32.7 Å². The van der Waals surface area contributed by atoms with Crippen molar-refractivity contribution in [1.29, 1.82) is 0 Å². The quantitative estimate of drug-likeness (QED) is 0.786. The molecule has 0 unspecified atom stereocenters. The fourth-order valence-corrected chi connectivity index (χ4v) is 2.41. The minimum Gasteiger partial charge on any atom is -0.349 e. The molecule has 4 rings (SSSR count). The molecule has 3 heterocycles. The fraction of sp³-hybridized carbons (Fsp3) is 0.312. The topological polar surface area (TPSA) is 98.7 Å². The van der Waals surface area contributed by atoms with Gasteiger partial charge in [0.05, 0.1) is 23.0 Å². The number of rotatable bonds is 4. The largest absolute Gasteiger partial charge is 0.349 e. The van der Waals surface area contributed by atoms with Crippen LogP contribution in [0.5, 0.6) is 0 Å². The number of carbonyl (C=O) groups is 1. The van der Waals surface area contributed by atoms with Crippen LogP contribution in [0.25, 0.3) is 17.3 Å². The fourth-order valence-electron chi connectivity index (χ4n) is 2.41. The molecule has 1 N–H and O–H groups in total. The molecule has 8 heteroatoms. The van der Waals surface area contributed by atoms with Crippen LogP contribution >= 0.6 is 0 Å². The molecule has 0 spiro atoms. The molecule has 1 fully saturated rings. The van der Waals surface area contributed by atoms with E-state index < -0.39 is 0 Å². The summed E-state index contributed by atoms with van der Waals surface area (Å²) in [5, 5.41) is 11.0. The Balaban J connectivity index is 1.59. The average Bonchev–Trinajstić information content (AvgIpc) is 3.14. The number of carbonyl (C=O) groups excluding carboxylic acids is 1. The van der Waals surface area contributed by atoms with Gasteiger partial charge in [0.15, 0.2) is 11.6 Å². The smallest absolute Gasteiger partial charge is 0.259 e. The van der Waals surface area contributed by atoms with E-state index in [9.17, 15) is 4.79 Å². The SMILES string of the molecule is Cc1noc(-c2ccc(-n3ncc(C(=O)NC4CC4)c3C)nc2)n1. The van der Waals surface area contributed by atoms with E-state index in [1.165, 1.54) is 0 Å². The molecule has 3 aromatic heterocycles. The lowest BCUT2D eigenvalue weighted by atomic mass is 10.2. The van der Waals surface area contributed by atoms with Crippen LogP contribution < -0.4 is 5.32 Å². The molecular formula is C16H16N6O2. The van der Waals surface area contributed by atoms with Crippen molar-refractivity contribution in [3.63, 3.8) is 0 Å². The molecular weight excluding hydrogens is 308 g/mol. The second-order valence-corrected chi connectivity index (χ2v) is 5.86. The van der Waals surface area contributed by atoms with Crippen molar-refractivity contribution >= 4 is 5.91 Å². The van der Waals surface area contributed by atoms with Crippen molar-refractivity contribution < 1.29 is 9.32 Å². The highest BCUT2D eigenvalue weighted by Gasteiger charge is 2.25.